The normalized spacial score (nSPS) is 11.7. The molecule has 0 aliphatic carbocycles. The van der Waals surface area contributed by atoms with Gasteiger partial charge in [-0.25, -0.2) is 4.79 Å². The summed E-state index contributed by atoms with van der Waals surface area (Å²) in [6.45, 7) is 5.43. The van der Waals surface area contributed by atoms with Crippen LogP contribution in [0.5, 0.6) is 5.75 Å². The van der Waals surface area contributed by atoms with E-state index < -0.39 is 5.97 Å². The molecule has 0 aliphatic heterocycles. The number of benzene rings is 1. The first-order valence-corrected chi connectivity index (χ1v) is 10.9. The van der Waals surface area contributed by atoms with Gasteiger partial charge in [-0.2, -0.15) is 0 Å². The number of nitrogens with one attached hydrogen (secondary N) is 2. The molecular weight excluding hydrogens is 404 g/mol. The van der Waals surface area contributed by atoms with E-state index in [1.807, 2.05) is 36.7 Å². The van der Waals surface area contributed by atoms with E-state index >= 15 is 0 Å². The highest BCUT2D eigenvalue weighted by atomic mass is 16.5. The van der Waals surface area contributed by atoms with Crippen LogP contribution in [0.15, 0.2) is 58.5 Å². The molecule has 0 saturated heterocycles. The number of hydrogen-bond acceptors (Lipinski definition) is 4. The molecule has 2 heterocycles. The summed E-state index contributed by atoms with van der Waals surface area (Å²) in [5.74, 6) is -0.544. The first-order valence-electron chi connectivity index (χ1n) is 10.9. The van der Waals surface area contributed by atoms with Crippen molar-refractivity contribution in [3.8, 4) is 5.75 Å². The molecule has 168 valence electrons. The molecule has 3 N–H and O–H groups in total. The molecular formula is C25H30N4O3. The lowest BCUT2D eigenvalue weighted by Gasteiger charge is -2.16. The molecule has 3 rings (SSSR count). The van der Waals surface area contributed by atoms with Gasteiger partial charge in [-0.1, -0.05) is 26.0 Å². The van der Waals surface area contributed by atoms with Crippen molar-refractivity contribution in [2.45, 2.75) is 32.6 Å². The highest BCUT2D eigenvalue weighted by molar-refractivity contribution is 5.78. The Labute approximate surface area is 188 Å². The van der Waals surface area contributed by atoms with Gasteiger partial charge in [0.25, 0.3) is 0 Å². The van der Waals surface area contributed by atoms with Crippen molar-refractivity contribution in [3.63, 3.8) is 0 Å². The number of carboxylic acid groups (broad SMARTS) is 1. The van der Waals surface area contributed by atoms with E-state index in [9.17, 15) is 4.79 Å². The van der Waals surface area contributed by atoms with E-state index in [1.165, 1.54) is 0 Å². The molecule has 2 aromatic heterocycles. The molecule has 0 aliphatic rings. The number of aromatic nitrogens is 2. The Kier molecular flexibility index (Phi) is 8.43. The van der Waals surface area contributed by atoms with E-state index in [4.69, 9.17) is 9.84 Å². The van der Waals surface area contributed by atoms with E-state index in [2.05, 4.69) is 45.9 Å². The number of hydrogen-bond donors (Lipinski definition) is 3. The average molecular weight is 435 g/mol. The van der Waals surface area contributed by atoms with Gasteiger partial charge in [-0.05, 0) is 54.8 Å². The average Bonchev–Trinajstić information content (AvgIpc) is 3.44. The Morgan fingerprint density at radius 1 is 0.906 bits per heavy atom. The van der Waals surface area contributed by atoms with Gasteiger partial charge in [0.15, 0.2) is 6.61 Å². The minimum absolute atomic E-state index is 0.0647. The van der Waals surface area contributed by atoms with Crippen LogP contribution in [0.3, 0.4) is 0 Å². The van der Waals surface area contributed by atoms with Crippen LogP contribution < -0.4 is 4.74 Å². The van der Waals surface area contributed by atoms with Gasteiger partial charge < -0.3 is 19.8 Å². The fraction of sp³-hybridized carbons (Fsp3) is 0.320. The Bertz CT molecular complexity index is 993. The molecule has 0 spiro atoms. The zero-order valence-electron chi connectivity index (χ0n) is 18.5. The third-order valence-corrected chi connectivity index (χ3v) is 4.83. The number of aromatic amines is 2. The largest absolute Gasteiger partial charge is 0.482 e. The molecule has 3 aromatic rings. The van der Waals surface area contributed by atoms with E-state index in [1.54, 1.807) is 12.1 Å². The van der Waals surface area contributed by atoms with Crippen molar-refractivity contribution in [1.82, 2.24) is 9.97 Å². The number of carboxylic acids is 1. The molecule has 0 radical (unpaired) electrons. The first kappa shape index (κ1) is 23.1. The topological polar surface area (TPSA) is 103 Å². The maximum absolute atomic E-state index is 10.8. The fourth-order valence-electron chi connectivity index (χ4n) is 3.36. The van der Waals surface area contributed by atoms with Gasteiger partial charge in [0.05, 0.1) is 17.3 Å². The number of carbonyl (C=O) groups is 1. The molecule has 7 nitrogen and oxygen atoms in total. The van der Waals surface area contributed by atoms with Crippen LogP contribution in [0.1, 0.15) is 60.9 Å². The van der Waals surface area contributed by atoms with Crippen molar-refractivity contribution >= 4 is 18.4 Å². The predicted molar refractivity (Wildman–Crippen MR) is 128 cm³/mol. The standard InChI is InChI=1S/C25H30N4O3/c1-3-13-26-15-19-7-11-22(28-19)25(23-12-8-20(29-23)16-27-14-4-2)18-5-9-21(10-6-18)32-17-24(30)31/h5-12,15-16,25,28-29H,3-4,13-14,17H2,1-2H3,(H,30,31)/b26-15+,27-16+. The van der Waals surface area contributed by atoms with Crippen LogP contribution in [0.4, 0.5) is 0 Å². The SMILES string of the molecule is CCC/N=C/c1ccc(C(c2ccc(OCC(=O)O)cc2)c2ccc(/C=N/CCC)[nH]2)[nH]1. The quantitative estimate of drug-likeness (QED) is 0.362. The van der Waals surface area contributed by atoms with Gasteiger partial charge in [0.2, 0.25) is 0 Å². The molecule has 0 atom stereocenters. The predicted octanol–water partition coefficient (Wildman–Crippen LogP) is 4.64. The Morgan fingerprint density at radius 3 is 1.91 bits per heavy atom. The van der Waals surface area contributed by atoms with Crippen LogP contribution in [-0.4, -0.2) is 53.2 Å². The maximum Gasteiger partial charge on any atom is 0.341 e. The second kappa shape index (κ2) is 11.7. The van der Waals surface area contributed by atoms with Crippen LogP contribution in [-0.2, 0) is 4.79 Å². The third kappa shape index (κ3) is 6.44. The number of H-pyrrole nitrogens is 2. The number of nitrogens with zero attached hydrogens (tertiary/aromatic N) is 2. The Morgan fingerprint density at radius 2 is 1.44 bits per heavy atom. The number of aliphatic imine (C=N–C) groups is 2. The molecule has 1 aromatic carbocycles. The zero-order valence-corrected chi connectivity index (χ0v) is 18.5. The van der Waals surface area contributed by atoms with Gasteiger partial charge in [-0.3, -0.25) is 9.98 Å². The minimum Gasteiger partial charge on any atom is -0.482 e. The second-order valence-electron chi connectivity index (χ2n) is 7.49. The van der Waals surface area contributed by atoms with Gasteiger partial charge in [-0.15, -0.1) is 0 Å². The van der Waals surface area contributed by atoms with Gasteiger partial charge in [0, 0.05) is 36.9 Å². The maximum atomic E-state index is 10.8. The van der Waals surface area contributed by atoms with Crippen molar-refractivity contribution in [2.24, 2.45) is 9.98 Å². The number of rotatable bonds is 12. The number of ether oxygens (including phenoxy) is 1. The van der Waals surface area contributed by atoms with Crippen molar-refractivity contribution in [2.75, 3.05) is 19.7 Å². The lowest BCUT2D eigenvalue weighted by atomic mass is 9.92. The smallest absolute Gasteiger partial charge is 0.341 e. The van der Waals surface area contributed by atoms with E-state index in [-0.39, 0.29) is 12.5 Å². The highest BCUT2D eigenvalue weighted by Gasteiger charge is 2.20. The van der Waals surface area contributed by atoms with Crippen LogP contribution in [0.2, 0.25) is 0 Å². The summed E-state index contributed by atoms with van der Waals surface area (Å²) < 4.78 is 5.28. The number of aliphatic carboxylic acids is 1. The van der Waals surface area contributed by atoms with Crippen molar-refractivity contribution in [3.05, 3.63) is 76.9 Å². The summed E-state index contributed by atoms with van der Waals surface area (Å²) in [4.78, 5) is 26.6. The van der Waals surface area contributed by atoms with Crippen molar-refractivity contribution in [1.29, 1.82) is 0 Å². The van der Waals surface area contributed by atoms with Crippen LogP contribution in [0, 0.1) is 0 Å². The van der Waals surface area contributed by atoms with Gasteiger partial charge >= 0.3 is 5.97 Å². The molecule has 7 heteroatoms. The summed E-state index contributed by atoms with van der Waals surface area (Å²) >= 11 is 0. The Balaban J connectivity index is 1.90. The van der Waals surface area contributed by atoms with Crippen LogP contribution >= 0.6 is 0 Å². The Hall–Kier alpha value is -3.61. The summed E-state index contributed by atoms with van der Waals surface area (Å²) in [7, 11) is 0. The summed E-state index contributed by atoms with van der Waals surface area (Å²) in [5, 5.41) is 8.82. The molecule has 0 unspecified atom stereocenters. The lowest BCUT2D eigenvalue weighted by molar-refractivity contribution is -0.139. The highest BCUT2D eigenvalue weighted by Crippen LogP contribution is 2.32. The second-order valence-corrected chi connectivity index (χ2v) is 7.49. The molecule has 32 heavy (non-hydrogen) atoms. The van der Waals surface area contributed by atoms with Crippen LogP contribution in [0.25, 0.3) is 0 Å². The third-order valence-electron chi connectivity index (χ3n) is 4.83. The molecule has 0 fully saturated rings. The molecule has 0 saturated carbocycles. The molecule has 0 amide bonds. The lowest BCUT2D eigenvalue weighted by Crippen LogP contribution is -2.09. The van der Waals surface area contributed by atoms with E-state index in [0.717, 1.165) is 54.3 Å². The summed E-state index contributed by atoms with van der Waals surface area (Å²) in [5.41, 5.74) is 5.01. The monoisotopic (exact) mass is 434 g/mol. The fourth-order valence-corrected chi connectivity index (χ4v) is 3.36. The summed E-state index contributed by atoms with van der Waals surface area (Å²) in [6, 6.07) is 15.7. The summed E-state index contributed by atoms with van der Waals surface area (Å²) in [6.07, 6.45) is 5.75. The van der Waals surface area contributed by atoms with Gasteiger partial charge in [0.1, 0.15) is 5.75 Å². The van der Waals surface area contributed by atoms with Crippen molar-refractivity contribution < 1.29 is 14.6 Å². The first-order chi connectivity index (χ1) is 15.6. The zero-order chi connectivity index (χ0) is 22.8. The molecule has 0 bridgehead atoms. The minimum atomic E-state index is -1.00. The van der Waals surface area contributed by atoms with E-state index in [0.29, 0.717) is 5.75 Å².